The van der Waals surface area contributed by atoms with Crippen LogP contribution in [0.4, 0.5) is 0 Å². The zero-order chi connectivity index (χ0) is 13.7. The van der Waals surface area contributed by atoms with Gasteiger partial charge in [-0.3, -0.25) is 4.90 Å². The molecule has 0 spiro atoms. The van der Waals surface area contributed by atoms with Crippen LogP contribution in [0.15, 0.2) is 24.3 Å². The molecule has 2 rings (SSSR count). The Balaban J connectivity index is 1.99. The molecule has 1 saturated heterocycles. The second-order valence-electron chi connectivity index (χ2n) is 5.60. The standard InChI is InChI=1S/C16H26N2O/c1-13-4-3-5-15(10-13)16(11-17)18-8-6-14(7-9-18)12-19-2/h3-5,10,14,16H,6-9,11-12,17H2,1-2H3. The van der Waals surface area contributed by atoms with E-state index in [1.807, 2.05) is 0 Å². The van der Waals surface area contributed by atoms with Gasteiger partial charge in [-0.05, 0) is 44.3 Å². The topological polar surface area (TPSA) is 38.5 Å². The number of benzene rings is 1. The average Bonchev–Trinajstić information content (AvgIpc) is 2.42. The minimum atomic E-state index is 0.364. The highest BCUT2D eigenvalue weighted by Crippen LogP contribution is 2.26. The normalized spacial score (nSPS) is 19.5. The fourth-order valence-electron chi connectivity index (χ4n) is 3.04. The minimum absolute atomic E-state index is 0.364. The maximum absolute atomic E-state index is 6.01. The number of nitrogens with zero attached hydrogens (tertiary/aromatic N) is 1. The fraction of sp³-hybridized carbons (Fsp3) is 0.625. The summed E-state index contributed by atoms with van der Waals surface area (Å²) in [4.78, 5) is 2.53. The van der Waals surface area contributed by atoms with E-state index in [0.29, 0.717) is 12.6 Å². The smallest absolute Gasteiger partial charge is 0.0491 e. The molecule has 0 aromatic heterocycles. The van der Waals surface area contributed by atoms with Crippen molar-refractivity contribution < 1.29 is 4.74 Å². The van der Waals surface area contributed by atoms with Gasteiger partial charge in [-0.15, -0.1) is 0 Å². The molecule has 1 aliphatic rings. The summed E-state index contributed by atoms with van der Waals surface area (Å²) in [5.74, 6) is 0.720. The average molecular weight is 262 g/mol. The number of likely N-dealkylation sites (tertiary alicyclic amines) is 1. The van der Waals surface area contributed by atoms with Crippen molar-refractivity contribution in [1.29, 1.82) is 0 Å². The largest absolute Gasteiger partial charge is 0.384 e. The van der Waals surface area contributed by atoms with Crippen molar-refractivity contribution in [2.24, 2.45) is 11.7 Å². The van der Waals surface area contributed by atoms with Gasteiger partial charge in [-0.1, -0.05) is 29.8 Å². The first-order valence-electron chi connectivity index (χ1n) is 7.24. The van der Waals surface area contributed by atoms with E-state index in [2.05, 4.69) is 36.1 Å². The van der Waals surface area contributed by atoms with Gasteiger partial charge in [0.05, 0.1) is 0 Å². The highest BCUT2D eigenvalue weighted by Gasteiger charge is 2.25. The summed E-state index contributed by atoms with van der Waals surface area (Å²) in [6.07, 6.45) is 2.44. The van der Waals surface area contributed by atoms with Crippen LogP contribution in [-0.2, 0) is 4.74 Å². The molecule has 0 bridgehead atoms. The van der Waals surface area contributed by atoms with Crippen molar-refractivity contribution >= 4 is 0 Å². The lowest BCUT2D eigenvalue weighted by atomic mass is 9.94. The van der Waals surface area contributed by atoms with Crippen LogP contribution in [0.5, 0.6) is 0 Å². The third-order valence-corrected chi connectivity index (χ3v) is 4.14. The molecule has 1 aromatic carbocycles. The van der Waals surface area contributed by atoms with Crippen LogP contribution in [0.1, 0.15) is 30.0 Å². The summed E-state index contributed by atoms with van der Waals surface area (Å²) in [5, 5.41) is 0. The maximum atomic E-state index is 6.01. The molecule has 3 nitrogen and oxygen atoms in total. The molecule has 0 aliphatic carbocycles. The number of rotatable bonds is 5. The van der Waals surface area contributed by atoms with Crippen LogP contribution >= 0.6 is 0 Å². The van der Waals surface area contributed by atoms with E-state index in [4.69, 9.17) is 10.5 Å². The predicted molar refractivity (Wildman–Crippen MR) is 79.1 cm³/mol. The zero-order valence-electron chi connectivity index (χ0n) is 12.1. The van der Waals surface area contributed by atoms with Crippen molar-refractivity contribution in [2.45, 2.75) is 25.8 Å². The Morgan fingerprint density at radius 2 is 2.11 bits per heavy atom. The van der Waals surface area contributed by atoms with E-state index in [-0.39, 0.29) is 0 Å². The molecule has 0 amide bonds. The number of methoxy groups -OCH3 is 1. The summed E-state index contributed by atoms with van der Waals surface area (Å²) in [6, 6.07) is 9.10. The van der Waals surface area contributed by atoms with Crippen LogP contribution in [0, 0.1) is 12.8 Å². The number of piperidine rings is 1. The Morgan fingerprint density at radius 1 is 1.37 bits per heavy atom. The van der Waals surface area contributed by atoms with Gasteiger partial charge in [0.25, 0.3) is 0 Å². The van der Waals surface area contributed by atoms with Crippen LogP contribution in [0.25, 0.3) is 0 Å². The second kappa shape index (κ2) is 7.04. The molecule has 1 aromatic rings. The molecule has 1 heterocycles. The van der Waals surface area contributed by atoms with Gasteiger partial charge in [0.15, 0.2) is 0 Å². The molecule has 1 atom stereocenters. The summed E-state index contributed by atoms with van der Waals surface area (Å²) in [6.45, 7) is 5.99. The summed E-state index contributed by atoms with van der Waals surface area (Å²) in [7, 11) is 1.79. The first kappa shape index (κ1) is 14.5. The number of nitrogens with two attached hydrogens (primary N) is 1. The van der Waals surface area contributed by atoms with Crippen LogP contribution in [0.3, 0.4) is 0 Å². The molecule has 0 radical (unpaired) electrons. The first-order valence-corrected chi connectivity index (χ1v) is 7.24. The molecular weight excluding hydrogens is 236 g/mol. The molecular formula is C16H26N2O. The molecule has 1 fully saturated rings. The predicted octanol–water partition coefficient (Wildman–Crippen LogP) is 2.35. The monoisotopic (exact) mass is 262 g/mol. The Morgan fingerprint density at radius 3 is 2.68 bits per heavy atom. The van der Waals surface area contributed by atoms with Crippen LogP contribution in [0.2, 0.25) is 0 Å². The van der Waals surface area contributed by atoms with Gasteiger partial charge >= 0.3 is 0 Å². The maximum Gasteiger partial charge on any atom is 0.0491 e. The Labute approximate surface area is 116 Å². The zero-order valence-corrected chi connectivity index (χ0v) is 12.1. The SMILES string of the molecule is COCC1CCN(C(CN)c2cccc(C)c2)CC1. The van der Waals surface area contributed by atoms with Crippen LogP contribution < -0.4 is 5.73 Å². The molecule has 1 aliphatic heterocycles. The van der Waals surface area contributed by atoms with Gasteiger partial charge in [-0.2, -0.15) is 0 Å². The van der Waals surface area contributed by atoms with E-state index in [1.165, 1.54) is 24.0 Å². The number of aryl methyl sites for hydroxylation is 1. The minimum Gasteiger partial charge on any atom is -0.384 e. The molecule has 0 saturated carbocycles. The summed E-state index contributed by atoms with van der Waals surface area (Å²) < 4.78 is 5.26. The lowest BCUT2D eigenvalue weighted by Crippen LogP contribution is -2.40. The third kappa shape index (κ3) is 3.78. The number of ether oxygens (including phenoxy) is 1. The Bertz CT molecular complexity index is 386. The van der Waals surface area contributed by atoms with Gasteiger partial charge in [-0.25, -0.2) is 0 Å². The molecule has 2 N–H and O–H groups in total. The van der Waals surface area contributed by atoms with Crippen molar-refractivity contribution in [2.75, 3.05) is 33.4 Å². The fourth-order valence-corrected chi connectivity index (χ4v) is 3.04. The van der Waals surface area contributed by atoms with E-state index in [0.717, 1.165) is 25.6 Å². The summed E-state index contributed by atoms with van der Waals surface area (Å²) >= 11 is 0. The Kier molecular flexibility index (Phi) is 5.37. The molecule has 1 unspecified atom stereocenters. The van der Waals surface area contributed by atoms with Crippen molar-refractivity contribution in [1.82, 2.24) is 4.90 Å². The lowest BCUT2D eigenvalue weighted by Gasteiger charge is -2.37. The third-order valence-electron chi connectivity index (χ3n) is 4.14. The van der Waals surface area contributed by atoms with Gasteiger partial charge in [0.1, 0.15) is 0 Å². The van der Waals surface area contributed by atoms with Gasteiger partial charge in [0, 0.05) is 26.3 Å². The summed E-state index contributed by atoms with van der Waals surface area (Å²) in [5.41, 5.74) is 8.68. The van der Waals surface area contributed by atoms with E-state index in [1.54, 1.807) is 7.11 Å². The number of hydrogen-bond donors (Lipinski definition) is 1. The van der Waals surface area contributed by atoms with Gasteiger partial charge in [0.2, 0.25) is 0 Å². The van der Waals surface area contributed by atoms with Crippen molar-refractivity contribution in [3.8, 4) is 0 Å². The van der Waals surface area contributed by atoms with E-state index < -0.39 is 0 Å². The lowest BCUT2D eigenvalue weighted by molar-refractivity contribution is 0.0810. The molecule has 19 heavy (non-hydrogen) atoms. The second-order valence-corrected chi connectivity index (χ2v) is 5.60. The van der Waals surface area contributed by atoms with Crippen LogP contribution in [-0.4, -0.2) is 38.3 Å². The number of hydrogen-bond acceptors (Lipinski definition) is 3. The molecule has 106 valence electrons. The first-order chi connectivity index (χ1) is 9.24. The van der Waals surface area contributed by atoms with Crippen molar-refractivity contribution in [3.63, 3.8) is 0 Å². The quantitative estimate of drug-likeness (QED) is 0.885. The van der Waals surface area contributed by atoms with Crippen molar-refractivity contribution in [3.05, 3.63) is 35.4 Å². The van der Waals surface area contributed by atoms with Gasteiger partial charge < -0.3 is 10.5 Å². The van der Waals surface area contributed by atoms with E-state index in [9.17, 15) is 0 Å². The Hall–Kier alpha value is -0.900. The van der Waals surface area contributed by atoms with E-state index >= 15 is 0 Å². The molecule has 3 heteroatoms. The highest BCUT2D eigenvalue weighted by molar-refractivity contribution is 5.25. The highest BCUT2D eigenvalue weighted by atomic mass is 16.5.